The average Bonchev–Trinajstić information content (AvgIpc) is 3.03. The van der Waals surface area contributed by atoms with Crippen molar-refractivity contribution in [2.75, 3.05) is 0 Å². The van der Waals surface area contributed by atoms with E-state index in [0.717, 1.165) is 16.8 Å². The molecule has 1 atom stereocenters. The molecule has 0 amide bonds. The fourth-order valence-corrected chi connectivity index (χ4v) is 2.89. The van der Waals surface area contributed by atoms with Gasteiger partial charge in [0, 0.05) is 25.0 Å². The molecule has 0 radical (unpaired) electrons. The van der Waals surface area contributed by atoms with E-state index in [4.69, 9.17) is 5.41 Å². The van der Waals surface area contributed by atoms with Gasteiger partial charge in [-0.1, -0.05) is 43.3 Å². The number of pyridine rings is 1. The lowest BCUT2D eigenvalue weighted by Gasteiger charge is -2.12. The van der Waals surface area contributed by atoms with Crippen molar-refractivity contribution in [1.82, 2.24) is 14.8 Å². The topological polar surface area (TPSA) is 71.6 Å². The Labute approximate surface area is 146 Å². The number of carbonyl (C=O) groups excluding carboxylic acids is 1. The minimum Gasteiger partial charge on any atom is -0.301 e. The van der Waals surface area contributed by atoms with Crippen LogP contribution in [0.5, 0.6) is 0 Å². The Morgan fingerprint density at radius 2 is 1.92 bits per heavy atom. The molecular weight excluding hydrogens is 312 g/mol. The van der Waals surface area contributed by atoms with E-state index in [1.807, 2.05) is 49.4 Å². The molecule has 0 aliphatic carbocycles. The first kappa shape index (κ1) is 16.8. The first-order valence-electron chi connectivity index (χ1n) is 8.17. The van der Waals surface area contributed by atoms with Crippen LogP contribution in [0.2, 0.25) is 0 Å². The van der Waals surface area contributed by atoms with Gasteiger partial charge in [-0.15, -0.1) is 0 Å². The Morgan fingerprint density at radius 1 is 1.16 bits per heavy atom. The average molecular weight is 332 g/mol. The highest BCUT2D eigenvalue weighted by Gasteiger charge is 2.22. The number of nitrogens with one attached hydrogen (secondary N) is 1. The van der Waals surface area contributed by atoms with E-state index in [-0.39, 0.29) is 17.4 Å². The molecular formula is C20H20N4O. The lowest BCUT2D eigenvalue weighted by atomic mass is 9.93. The summed E-state index contributed by atoms with van der Waals surface area (Å²) in [6, 6.07) is 13.5. The van der Waals surface area contributed by atoms with Crippen molar-refractivity contribution in [2.45, 2.75) is 19.3 Å². The van der Waals surface area contributed by atoms with E-state index in [9.17, 15) is 4.79 Å². The third kappa shape index (κ3) is 3.55. The molecule has 2 heterocycles. The summed E-state index contributed by atoms with van der Waals surface area (Å²) in [6.07, 6.45) is 5.41. The highest BCUT2D eigenvalue weighted by atomic mass is 16.1. The molecule has 0 aliphatic rings. The Balaban J connectivity index is 1.83. The van der Waals surface area contributed by atoms with Gasteiger partial charge in [-0.3, -0.25) is 14.5 Å². The zero-order valence-corrected chi connectivity index (χ0v) is 14.3. The van der Waals surface area contributed by atoms with Gasteiger partial charge in [0.15, 0.2) is 0 Å². The monoisotopic (exact) mass is 332 g/mol. The van der Waals surface area contributed by atoms with Crippen LogP contribution >= 0.6 is 0 Å². The van der Waals surface area contributed by atoms with Crippen molar-refractivity contribution in [3.63, 3.8) is 0 Å². The summed E-state index contributed by atoms with van der Waals surface area (Å²) in [5.74, 6) is -0.218. The first-order valence-corrected chi connectivity index (χ1v) is 8.17. The van der Waals surface area contributed by atoms with Gasteiger partial charge in [-0.2, -0.15) is 5.10 Å². The van der Waals surface area contributed by atoms with E-state index in [1.165, 1.54) is 0 Å². The number of benzene rings is 1. The third-order valence-electron chi connectivity index (χ3n) is 4.27. The zero-order chi connectivity index (χ0) is 17.8. The number of ketones is 1. The maximum Gasteiger partial charge on any atom is 0.210 e. The molecule has 0 saturated carbocycles. The number of rotatable bonds is 6. The van der Waals surface area contributed by atoms with Gasteiger partial charge in [0.1, 0.15) is 0 Å². The quantitative estimate of drug-likeness (QED) is 0.550. The predicted molar refractivity (Wildman–Crippen MR) is 98.0 cm³/mol. The Bertz CT molecular complexity index is 885. The number of hydrogen-bond acceptors (Lipinski definition) is 4. The van der Waals surface area contributed by atoms with Crippen LogP contribution in [-0.2, 0) is 7.05 Å². The minimum absolute atomic E-state index is 0.0574. The lowest BCUT2D eigenvalue weighted by molar-refractivity contribution is 0.106. The molecule has 0 bridgehead atoms. The van der Waals surface area contributed by atoms with Crippen molar-refractivity contribution >= 4 is 11.5 Å². The van der Waals surface area contributed by atoms with Gasteiger partial charge in [-0.05, 0) is 24.0 Å². The molecule has 0 aliphatic heterocycles. The molecule has 0 fully saturated rings. The maximum absolute atomic E-state index is 12.8. The van der Waals surface area contributed by atoms with Gasteiger partial charge in [0.25, 0.3) is 0 Å². The molecule has 1 N–H and O–H groups in total. The second kappa shape index (κ2) is 7.21. The second-order valence-corrected chi connectivity index (χ2v) is 6.10. The van der Waals surface area contributed by atoms with Crippen molar-refractivity contribution in [2.24, 2.45) is 7.05 Å². The number of aromatic nitrogens is 3. The molecule has 0 saturated heterocycles. The molecule has 5 nitrogen and oxygen atoms in total. The van der Waals surface area contributed by atoms with Crippen LogP contribution in [-0.4, -0.2) is 26.3 Å². The van der Waals surface area contributed by atoms with Crippen molar-refractivity contribution < 1.29 is 4.79 Å². The van der Waals surface area contributed by atoms with Crippen LogP contribution in [0.3, 0.4) is 0 Å². The molecule has 2 aromatic heterocycles. The number of carbonyl (C=O) groups is 1. The summed E-state index contributed by atoms with van der Waals surface area (Å²) in [5.41, 5.74) is 3.23. The molecule has 0 spiro atoms. The molecule has 1 unspecified atom stereocenters. The number of Topliss-reactive ketones (excluding diaryl/α,β-unsaturated/α-hetero) is 1. The molecule has 3 aromatic rings. The van der Waals surface area contributed by atoms with E-state index in [2.05, 4.69) is 10.1 Å². The first-order chi connectivity index (χ1) is 12.1. The number of nitrogens with zero attached hydrogens (tertiary/aromatic N) is 3. The molecule has 1 aromatic carbocycles. The van der Waals surface area contributed by atoms with Crippen molar-refractivity contribution in [1.29, 1.82) is 5.41 Å². The van der Waals surface area contributed by atoms with Crippen LogP contribution in [0.25, 0.3) is 11.3 Å². The third-order valence-corrected chi connectivity index (χ3v) is 4.27. The van der Waals surface area contributed by atoms with Gasteiger partial charge in [0.05, 0.1) is 23.2 Å². The molecule has 25 heavy (non-hydrogen) atoms. The Hall–Kier alpha value is -3.08. The standard InChI is InChI=1S/C20H20N4O/c1-14(16-9-6-10-22-12-16)11-18(21)20(25)17-13-23-24(2)19(17)15-7-4-3-5-8-15/h3-10,12-14,21H,11H2,1-2H3. The number of hydrogen-bond donors (Lipinski definition) is 1. The molecule has 5 heteroatoms. The van der Waals surface area contributed by atoms with Gasteiger partial charge in [-0.25, -0.2) is 0 Å². The maximum atomic E-state index is 12.8. The van der Waals surface area contributed by atoms with Gasteiger partial charge < -0.3 is 5.41 Å². The van der Waals surface area contributed by atoms with E-state index in [1.54, 1.807) is 30.3 Å². The fraction of sp³-hybridized carbons (Fsp3) is 0.200. The van der Waals surface area contributed by atoms with E-state index in [0.29, 0.717) is 12.0 Å². The van der Waals surface area contributed by atoms with Crippen LogP contribution in [0, 0.1) is 5.41 Å². The summed E-state index contributed by atoms with van der Waals surface area (Å²) in [7, 11) is 1.81. The van der Waals surface area contributed by atoms with Crippen LogP contribution in [0.15, 0.2) is 61.1 Å². The fourth-order valence-electron chi connectivity index (χ4n) is 2.89. The number of aryl methyl sites for hydroxylation is 1. The molecule has 3 rings (SSSR count). The normalized spacial score (nSPS) is 11.9. The smallest absolute Gasteiger partial charge is 0.210 e. The highest BCUT2D eigenvalue weighted by molar-refractivity contribution is 6.45. The van der Waals surface area contributed by atoms with Gasteiger partial charge >= 0.3 is 0 Å². The van der Waals surface area contributed by atoms with Crippen LogP contribution in [0.1, 0.15) is 35.2 Å². The largest absolute Gasteiger partial charge is 0.301 e. The predicted octanol–water partition coefficient (Wildman–Crippen LogP) is 3.88. The summed E-state index contributed by atoms with van der Waals surface area (Å²) in [5, 5.41) is 12.5. The lowest BCUT2D eigenvalue weighted by Crippen LogP contribution is -2.16. The Morgan fingerprint density at radius 3 is 2.60 bits per heavy atom. The highest BCUT2D eigenvalue weighted by Crippen LogP contribution is 2.25. The summed E-state index contributed by atoms with van der Waals surface area (Å²) in [4.78, 5) is 16.9. The minimum atomic E-state index is -0.275. The van der Waals surface area contributed by atoms with E-state index < -0.39 is 0 Å². The van der Waals surface area contributed by atoms with Crippen LogP contribution < -0.4 is 0 Å². The van der Waals surface area contributed by atoms with Crippen molar-refractivity contribution in [3.8, 4) is 11.3 Å². The van der Waals surface area contributed by atoms with E-state index >= 15 is 0 Å². The Kier molecular flexibility index (Phi) is 4.84. The van der Waals surface area contributed by atoms with Gasteiger partial charge in [0.2, 0.25) is 5.78 Å². The summed E-state index contributed by atoms with van der Waals surface area (Å²) < 4.78 is 1.68. The van der Waals surface area contributed by atoms with Crippen molar-refractivity contribution in [3.05, 3.63) is 72.2 Å². The summed E-state index contributed by atoms with van der Waals surface area (Å²) in [6.45, 7) is 2.00. The SMILES string of the molecule is CC(CC(=N)C(=O)c1cnn(C)c1-c1ccccc1)c1cccnc1. The molecule has 126 valence electrons. The zero-order valence-electron chi connectivity index (χ0n) is 14.3. The summed E-state index contributed by atoms with van der Waals surface area (Å²) >= 11 is 0. The second-order valence-electron chi connectivity index (χ2n) is 6.10. The van der Waals surface area contributed by atoms with Crippen LogP contribution in [0.4, 0.5) is 0 Å².